The van der Waals surface area contributed by atoms with E-state index in [1.165, 1.54) is 38.5 Å². The van der Waals surface area contributed by atoms with E-state index >= 15 is 0 Å². The van der Waals surface area contributed by atoms with Crippen molar-refractivity contribution in [1.29, 1.82) is 0 Å². The van der Waals surface area contributed by atoms with Gasteiger partial charge in [-0.3, -0.25) is 0 Å². The Kier molecular flexibility index (Phi) is 16.1. The SMILES string of the molecule is C1=C2CCCC2=CC2CCCC12.CC1C(C)C(C)C(C)C1C.[CH3-].[CH3-].[CH3-].[CH3-].[Zr+4]. The van der Waals surface area contributed by atoms with Crippen molar-refractivity contribution in [3.05, 3.63) is 53.0 Å². The van der Waals surface area contributed by atoms with Crippen LogP contribution in [0.15, 0.2) is 23.3 Å². The predicted octanol–water partition coefficient (Wildman–Crippen LogP) is 8.43. The maximum absolute atomic E-state index is 2.60. The van der Waals surface area contributed by atoms with Gasteiger partial charge in [0.1, 0.15) is 0 Å². The first-order valence-electron chi connectivity index (χ1n) is 9.90. The second-order valence-electron chi connectivity index (χ2n) is 8.79. The van der Waals surface area contributed by atoms with E-state index in [0.717, 1.165) is 41.4 Å². The smallest absolute Gasteiger partial charge is 0.358 e. The van der Waals surface area contributed by atoms with Crippen LogP contribution in [-0.2, 0) is 26.2 Å². The largest absolute Gasteiger partial charge is 4.00 e. The summed E-state index contributed by atoms with van der Waals surface area (Å²) in [5.41, 5.74) is 3.41. The Morgan fingerprint density at radius 1 is 0.556 bits per heavy atom. The summed E-state index contributed by atoms with van der Waals surface area (Å²) in [5.74, 6) is 6.54. The summed E-state index contributed by atoms with van der Waals surface area (Å²) in [4.78, 5) is 0. The topological polar surface area (TPSA) is 0 Å². The van der Waals surface area contributed by atoms with Crippen molar-refractivity contribution in [3.63, 3.8) is 0 Å². The van der Waals surface area contributed by atoms with E-state index in [9.17, 15) is 0 Å². The Morgan fingerprint density at radius 2 is 0.852 bits per heavy atom. The Hall–Kier alpha value is 0.363. The quantitative estimate of drug-likeness (QED) is 0.324. The molecule has 0 aromatic heterocycles. The van der Waals surface area contributed by atoms with Crippen LogP contribution >= 0.6 is 0 Å². The molecule has 156 valence electrons. The van der Waals surface area contributed by atoms with E-state index in [1.807, 2.05) is 0 Å². The molecule has 0 amide bonds. The average molecular weight is 452 g/mol. The molecule has 3 fully saturated rings. The first-order chi connectivity index (χ1) is 10.5. The van der Waals surface area contributed by atoms with E-state index < -0.39 is 0 Å². The Labute approximate surface area is 193 Å². The van der Waals surface area contributed by atoms with Crippen molar-refractivity contribution >= 4 is 0 Å². The second-order valence-corrected chi connectivity index (χ2v) is 8.79. The summed E-state index contributed by atoms with van der Waals surface area (Å²) >= 11 is 0. The molecule has 0 aromatic rings. The molecule has 0 bridgehead atoms. The van der Waals surface area contributed by atoms with Gasteiger partial charge in [0.25, 0.3) is 0 Å². The van der Waals surface area contributed by atoms with Gasteiger partial charge < -0.3 is 29.7 Å². The van der Waals surface area contributed by atoms with Crippen LogP contribution in [-0.4, -0.2) is 0 Å². The molecule has 4 aliphatic carbocycles. The van der Waals surface area contributed by atoms with Gasteiger partial charge in [0.15, 0.2) is 0 Å². The van der Waals surface area contributed by atoms with Crippen LogP contribution in [0.2, 0.25) is 0 Å². The number of rotatable bonds is 0. The molecule has 2 atom stereocenters. The fraction of sp³-hybridized carbons (Fsp3) is 0.692. The molecular formula is C26H48Zr. The van der Waals surface area contributed by atoms with Crippen molar-refractivity contribution in [3.8, 4) is 0 Å². The summed E-state index contributed by atoms with van der Waals surface area (Å²) in [6, 6.07) is 0. The zero-order valence-corrected chi connectivity index (χ0v) is 22.4. The van der Waals surface area contributed by atoms with Gasteiger partial charge in [-0.25, -0.2) is 0 Å². The molecule has 27 heavy (non-hydrogen) atoms. The zero-order chi connectivity index (χ0) is 15.9. The summed E-state index contributed by atoms with van der Waals surface area (Å²) < 4.78 is 0. The molecule has 0 spiro atoms. The van der Waals surface area contributed by atoms with Gasteiger partial charge in [0, 0.05) is 0 Å². The van der Waals surface area contributed by atoms with E-state index in [2.05, 4.69) is 46.8 Å². The fourth-order valence-corrected chi connectivity index (χ4v) is 5.51. The van der Waals surface area contributed by atoms with Crippen LogP contribution in [0, 0.1) is 71.1 Å². The third-order valence-electron chi connectivity index (χ3n) is 7.91. The van der Waals surface area contributed by atoms with Crippen LogP contribution in [0.4, 0.5) is 0 Å². The van der Waals surface area contributed by atoms with E-state index in [4.69, 9.17) is 0 Å². The van der Waals surface area contributed by atoms with Crippen molar-refractivity contribution in [2.75, 3.05) is 0 Å². The Morgan fingerprint density at radius 3 is 1.15 bits per heavy atom. The van der Waals surface area contributed by atoms with Gasteiger partial charge in [0.05, 0.1) is 0 Å². The van der Waals surface area contributed by atoms with Crippen molar-refractivity contribution in [2.45, 2.75) is 73.1 Å². The van der Waals surface area contributed by atoms with Crippen molar-refractivity contribution in [2.24, 2.45) is 41.4 Å². The Balaban J connectivity index is -0.000000365. The van der Waals surface area contributed by atoms with Crippen LogP contribution in [0.5, 0.6) is 0 Å². The van der Waals surface area contributed by atoms with E-state index in [0.29, 0.717) is 0 Å². The maximum atomic E-state index is 2.60. The normalized spacial score (nSPS) is 37.7. The van der Waals surface area contributed by atoms with Gasteiger partial charge in [-0.2, -0.15) is 0 Å². The zero-order valence-electron chi connectivity index (χ0n) is 19.9. The van der Waals surface area contributed by atoms with E-state index in [-0.39, 0.29) is 55.9 Å². The minimum Gasteiger partial charge on any atom is -0.358 e. The molecule has 0 nitrogen and oxygen atoms in total. The second kappa shape index (κ2) is 13.6. The molecule has 0 heterocycles. The molecule has 0 aromatic carbocycles. The first kappa shape index (κ1) is 32.0. The van der Waals surface area contributed by atoms with Gasteiger partial charge in [-0.15, -0.1) is 0 Å². The first-order valence-corrected chi connectivity index (χ1v) is 9.90. The van der Waals surface area contributed by atoms with E-state index in [1.54, 1.807) is 11.1 Å². The predicted molar refractivity (Wildman–Crippen MR) is 122 cm³/mol. The van der Waals surface area contributed by atoms with Gasteiger partial charge in [0.2, 0.25) is 0 Å². The molecule has 0 radical (unpaired) electrons. The van der Waals surface area contributed by atoms with Crippen LogP contribution in [0.25, 0.3) is 0 Å². The average Bonchev–Trinajstić information content (AvgIpc) is 3.20. The Bertz CT molecular complexity index is 390. The molecule has 0 aliphatic heterocycles. The van der Waals surface area contributed by atoms with Crippen molar-refractivity contribution < 1.29 is 26.2 Å². The summed E-state index contributed by atoms with van der Waals surface area (Å²) in [6.45, 7) is 12.0. The molecule has 4 aliphatic rings. The maximum Gasteiger partial charge on any atom is 4.00 e. The number of hydrogen-bond acceptors (Lipinski definition) is 0. The molecule has 1 heteroatoms. The van der Waals surface area contributed by atoms with Crippen molar-refractivity contribution in [1.82, 2.24) is 0 Å². The monoisotopic (exact) mass is 450 g/mol. The molecule has 4 rings (SSSR count). The molecule has 0 saturated heterocycles. The van der Waals surface area contributed by atoms with Crippen LogP contribution < -0.4 is 0 Å². The number of allylic oxidation sites excluding steroid dienone is 4. The van der Waals surface area contributed by atoms with Gasteiger partial charge in [-0.1, -0.05) is 53.2 Å². The summed E-state index contributed by atoms with van der Waals surface area (Å²) in [5, 5.41) is 0. The third kappa shape index (κ3) is 6.69. The fourth-order valence-electron chi connectivity index (χ4n) is 5.51. The van der Waals surface area contributed by atoms with Gasteiger partial charge >= 0.3 is 26.2 Å². The molecule has 3 saturated carbocycles. The molecule has 2 unspecified atom stereocenters. The number of fused-ring (bicyclic) bond motifs is 2. The standard InChI is InChI=1S/C12H16.C10H20.4CH3.Zr/c1-3-9-7-11-5-2-6-12(11)8-10(9)4-1;1-6-7(2)9(4)10(5)8(6)3;;;;;/h7-10H,1-6H2;6-10H,1-5H3;4*1H3;/q;;4*-1;+4. The minimum atomic E-state index is 0. The minimum absolute atomic E-state index is 0. The van der Waals surface area contributed by atoms with Gasteiger partial charge in [-0.05, 0) is 84.7 Å². The third-order valence-corrected chi connectivity index (χ3v) is 7.91. The summed E-state index contributed by atoms with van der Waals surface area (Å²) in [7, 11) is 0. The van der Waals surface area contributed by atoms with Crippen LogP contribution in [0.1, 0.15) is 73.1 Å². The van der Waals surface area contributed by atoms with Crippen LogP contribution in [0.3, 0.4) is 0 Å². The molecule has 0 N–H and O–H groups in total. The molecular weight excluding hydrogens is 404 g/mol. The number of hydrogen-bond donors (Lipinski definition) is 0. The summed E-state index contributed by atoms with van der Waals surface area (Å²) in [6.07, 6.45) is 13.7.